The molecule has 0 unspecified atom stereocenters. The van der Waals surface area contributed by atoms with E-state index in [4.69, 9.17) is 4.74 Å². The number of methoxy groups -OCH3 is 1. The molecule has 1 N–H and O–H groups in total. The summed E-state index contributed by atoms with van der Waals surface area (Å²) in [4.78, 5) is 9.98. The number of nitro benzene ring substituents is 1. The van der Waals surface area contributed by atoms with Crippen molar-refractivity contribution in [3.63, 3.8) is 0 Å². The molecule has 1 aromatic carbocycles. The maximum absolute atomic E-state index is 10.6. The van der Waals surface area contributed by atoms with Gasteiger partial charge in [-0.25, -0.2) is 0 Å². The number of aromatic hydroxyl groups is 1. The van der Waals surface area contributed by atoms with Crippen LogP contribution in [0.25, 0.3) is 0 Å². The van der Waals surface area contributed by atoms with Crippen molar-refractivity contribution in [2.45, 2.75) is 6.42 Å². The molecule has 0 fully saturated rings. The second kappa shape index (κ2) is 4.88. The van der Waals surface area contributed by atoms with Crippen molar-refractivity contribution in [1.82, 2.24) is 0 Å². The van der Waals surface area contributed by atoms with Gasteiger partial charge in [-0.05, 0) is 23.8 Å². The van der Waals surface area contributed by atoms with Crippen molar-refractivity contribution in [2.75, 3.05) is 12.9 Å². The van der Waals surface area contributed by atoms with Gasteiger partial charge in [-0.15, -0.1) is 0 Å². The summed E-state index contributed by atoms with van der Waals surface area (Å²) < 4.78 is 4.84. The minimum absolute atomic E-state index is 0.112. The summed E-state index contributed by atoms with van der Waals surface area (Å²) in [7, 11) is 1.35. The summed E-state index contributed by atoms with van der Waals surface area (Å²) in [5, 5.41) is 20.1. The molecular weight excluding hydrogens is 218 g/mol. The number of hydrogen-bond donors (Lipinski definition) is 2. The fourth-order valence-corrected chi connectivity index (χ4v) is 1.48. The van der Waals surface area contributed by atoms with Crippen molar-refractivity contribution in [1.29, 1.82) is 0 Å². The molecule has 6 heteroatoms. The summed E-state index contributed by atoms with van der Waals surface area (Å²) in [6, 6.07) is 2.90. The summed E-state index contributed by atoms with van der Waals surface area (Å²) >= 11 is 4.03. The smallest absolute Gasteiger partial charge is 0.314 e. The van der Waals surface area contributed by atoms with Gasteiger partial charge in [0.1, 0.15) is 0 Å². The number of nitrogens with zero attached hydrogens (tertiary/aromatic N) is 1. The Kier molecular flexibility index (Phi) is 3.79. The van der Waals surface area contributed by atoms with Gasteiger partial charge in [-0.2, -0.15) is 12.6 Å². The molecule has 1 aromatic rings. The topological polar surface area (TPSA) is 72.6 Å². The van der Waals surface area contributed by atoms with Crippen LogP contribution in [-0.2, 0) is 6.42 Å². The van der Waals surface area contributed by atoms with Crippen molar-refractivity contribution in [3.05, 3.63) is 27.8 Å². The Bertz CT molecular complexity index is 381. The van der Waals surface area contributed by atoms with Gasteiger partial charge in [0.2, 0.25) is 5.75 Å². The zero-order valence-electron chi connectivity index (χ0n) is 8.14. The predicted octanol–water partition coefficient (Wildman–Crippen LogP) is 1.78. The monoisotopic (exact) mass is 229 g/mol. The van der Waals surface area contributed by atoms with Gasteiger partial charge in [0, 0.05) is 6.07 Å². The highest BCUT2D eigenvalue weighted by atomic mass is 32.1. The highest BCUT2D eigenvalue weighted by Gasteiger charge is 2.19. The van der Waals surface area contributed by atoms with Crippen LogP contribution in [0.4, 0.5) is 5.69 Å². The van der Waals surface area contributed by atoms with Gasteiger partial charge in [-0.3, -0.25) is 10.1 Å². The van der Waals surface area contributed by atoms with Gasteiger partial charge in [0.05, 0.1) is 12.0 Å². The van der Waals surface area contributed by atoms with Crippen LogP contribution in [0, 0.1) is 10.1 Å². The first-order chi connectivity index (χ1) is 7.10. The normalized spacial score (nSPS) is 10.0. The third-order valence-corrected chi connectivity index (χ3v) is 2.16. The molecule has 82 valence electrons. The number of rotatable bonds is 4. The Morgan fingerprint density at radius 1 is 1.60 bits per heavy atom. The van der Waals surface area contributed by atoms with E-state index in [0.29, 0.717) is 17.7 Å². The number of phenolic OH excluding ortho intramolecular Hbond substituents is 1. The highest BCUT2D eigenvalue weighted by Crippen LogP contribution is 2.36. The number of thiol groups is 1. The van der Waals surface area contributed by atoms with E-state index >= 15 is 0 Å². The van der Waals surface area contributed by atoms with Gasteiger partial charge >= 0.3 is 5.69 Å². The van der Waals surface area contributed by atoms with Gasteiger partial charge in [0.25, 0.3) is 0 Å². The first kappa shape index (κ1) is 11.6. The summed E-state index contributed by atoms with van der Waals surface area (Å²) in [6.45, 7) is 0. The molecule has 0 aliphatic rings. The van der Waals surface area contributed by atoms with Gasteiger partial charge in [0.15, 0.2) is 5.75 Å². The number of phenols is 1. The molecule has 0 bridgehead atoms. The SMILES string of the molecule is COc1cc(CCS)cc([N+](=O)[O-])c1O. The zero-order chi connectivity index (χ0) is 11.4. The molecule has 0 saturated carbocycles. The maximum Gasteiger partial charge on any atom is 0.314 e. The Balaban J connectivity index is 3.25. The molecule has 0 radical (unpaired) electrons. The standard InChI is InChI=1S/C9H11NO4S/c1-14-8-5-6(2-3-15)4-7(9(8)11)10(12)13/h4-5,11,15H,2-3H2,1H3. The Morgan fingerprint density at radius 2 is 2.27 bits per heavy atom. The summed E-state index contributed by atoms with van der Waals surface area (Å²) in [5.74, 6) is 0.247. The molecule has 0 atom stereocenters. The Labute approximate surface area is 92.2 Å². The van der Waals surface area contributed by atoms with Crippen LogP contribution >= 0.6 is 12.6 Å². The van der Waals surface area contributed by atoms with E-state index in [1.54, 1.807) is 6.07 Å². The number of aryl methyl sites for hydroxylation is 1. The third kappa shape index (κ3) is 2.53. The zero-order valence-corrected chi connectivity index (χ0v) is 9.03. The lowest BCUT2D eigenvalue weighted by Crippen LogP contribution is -1.95. The van der Waals surface area contributed by atoms with Crippen LogP contribution in [-0.4, -0.2) is 22.9 Å². The summed E-state index contributed by atoms with van der Waals surface area (Å²) in [6.07, 6.45) is 0.584. The van der Waals surface area contributed by atoms with Crippen molar-refractivity contribution in [2.24, 2.45) is 0 Å². The average Bonchev–Trinajstić information content (AvgIpc) is 2.20. The van der Waals surface area contributed by atoms with E-state index in [1.807, 2.05) is 0 Å². The van der Waals surface area contributed by atoms with E-state index in [2.05, 4.69) is 12.6 Å². The fourth-order valence-electron chi connectivity index (χ4n) is 1.22. The van der Waals surface area contributed by atoms with Crippen molar-refractivity contribution in [3.8, 4) is 11.5 Å². The lowest BCUT2D eigenvalue weighted by atomic mass is 10.1. The number of nitro groups is 1. The lowest BCUT2D eigenvalue weighted by Gasteiger charge is -2.06. The van der Waals surface area contributed by atoms with Crippen LogP contribution in [0.5, 0.6) is 11.5 Å². The fraction of sp³-hybridized carbons (Fsp3) is 0.333. The van der Waals surface area contributed by atoms with Gasteiger partial charge in [-0.1, -0.05) is 0 Å². The molecule has 0 heterocycles. The molecule has 0 spiro atoms. The van der Waals surface area contributed by atoms with Crippen LogP contribution in [0.2, 0.25) is 0 Å². The second-order valence-electron chi connectivity index (χ2n) is 2.90. The molecular formula is C9H11NO4S. The van der Waals surface area contributed by atoms with E-state index in [-0.39, 0.29) is 11.4 Å². The molecule has 0 aliphatic carbocycles. The minimum Gasteiger partial charge on any atom is -0.500 e. The van der Waals surface area contributed by atoms with Crippen LogP contribution < -0.4 is 4.74 Å². The number of benzene rings is 1. The largest absolute Gasteiger partial charge is 0.500 e. The lowest BCUT2D eigenvalue weighted by molar-refractivity contribution is -0.386. The Hall–Kier alpha value is -1.43. The van der Waals surface area contributed by atoms with Crippen molar-refractivity contribution < 1.29 is 14.8 Å². The van der Waals surface area contributed by atoms with Crippen molar-refractivity contribution >= 4 is 18.3 Å². The van der Waals surface area contributed by atoms with Crippen LogP contribution in [0.15, 0.2) is 12.1 Å². The molecule has 0 saturated heterocycles. The Morgan fingerprint density at radius 3 is 2.73 bits per heavy atom. The molecule has 0 amide bonds. The maximum atomic E-state index is 10.6. The quantitative estimate of drug-likeness (QED) is 0.469. The van der Waals surface area contributed by atoms with Crippen LogP contribution in [0.1, 0.15) is 5.56 Å². The van der Waals surface area contributed by atoms with Crippen LogP contribution in [0.3, 0.4) is 0 Å². The van der Waals surface area contributed by atoms with E-state index in [1.165, 1.54) is 13.2 Å². The molecule has 15 heavy (non-hydrogen) atoms. The van der Waals surface area contributed by atoms with E-state index in [9.17, 15) is 15.2 Å². The molecule has 0 aromatic heterocycles. The second-order valence-corrected chi connectivity index (χ2v) is 3.34. The first-order valence-electron chi connectivity index (χ1n) is 4.25. The van der Waals surface area contributed by atoms with E-state index < -0.39 is 10.7 Å². The first-order valence-corrected chi connectivity index (χ1v) is 4.88. The average molecular weight is 229 g/mol. The summed E-state index contributed by atoms with van der Waals surface area (Å²) in [5.41, 5.74) is 0.373. The highest BCUT2D eigenvalue weighted by molar-refractivity contribution is 7.80. The number of ether oxygens (including phenoxy) is 1. The minimum atomic E-state index is -0.639. The molecule has 5 nitrogen and oxygen atoms in total. The molecule has 1 rings (SSSR count). The molecule has 0 aliphatic heterocycles. The van der Waals surface area contributed by atoms with Gasteiger partial charge < -0.3 is 9.84 Å². The van der Waals surface area contributed by atoms with E-state index in [0.717, 1.165) is 0 Å². The predicted molar refractivity (Wildman–Crippen MR) is 58.9 cm³/mol. The number of hydrogen-bond acceptors (Lipinski definition) is 5. The third-order valence-electron chi connectivity index (χ3n) is 1.93.